The third-order valence-corrected chi connectivity index (χ3v) is 7.18. The average molecular weight is 662 g/mol. The molecule has 1 saturated heterocycles. The Morgan fingerprint density at radius 3 is 2.07 bits per heavy atom. The molecule has 0 N–H and O–H groups in total. The Balaban J connectivity index is 1.74. The van der Waals surface area contributed by atoms with E-state index in [2.05, 4.69) is 9.64 Å². The zero-order chi connectivity index (χ0) is 34.3. The lowest BCUT2D eigenvalue weighted by Crippen LogP contribution is -2.52. The van der Waals surface area contributed by atoms with E-state index in [1.165, 1.54) is 0 Å². The van der Waals surface area contributed by atoms with Gasteiger partial charge in [-0.2, -0.15) is 26.3 Å². The number of hydrogen-bond acceptors (Lipinski definition) is 7. The van der Waals surface area contributed by atoms with E-state index in [0.29, 0.717) is 31.8 Å². The SMILES string of the molecule is COc1ccc(CN(CCCC(=O)OC(C)(C)C)c2cc(C)ccc2CN2CCN(C(=O)OC(C(F)(F)F)C(F)(F)F)CC2)cc1. The summed E-state index contributed by atoms with van der Waals surface area (Å²) in [7, 11) is 1.58. The van der Waals surface area contributed by atoms with Crippen molar-refractivity contribution in [3.63, 3.8) is 0 Å². The van der Waals surface area contributed by atoms with Gasteiger partial charge in [0.1, 0.15) is 11.4 Å². The number of piperazine rings is 1. The van der Waals surface area contributed by atoms with E-state index in [-0.39, 0.29) is 38.6 Å². The van der Waals surface area contributed by atoms with E-state index >= 15 is 0 Å². The van der Waals surface area contributed by atoms with E-state index in [9.17, 15) is 35.9 Å². The molecule has 256 valence electrons. The number of esters is 1. The first kappa shape index (κ1) is 36.8. The lowest BCUT2D eigenvalue weighted by molar-refractivity contribution is -0.308. The highest BCUT2D eigenvalue weighted by Crippen LogP contribution is 2.36. The number of nitrogens with zero attached hydrogens (tertiary/aromatic N) is 3. The molecule has 0 spiro atoms. The molecule has 14 heteroatoms. The van der Waals surface area contributed by atoms with Crippen molar-refractivity contribution in [2.24, 2.45) is 0 Å². The number of halogens is 6. The van der Waals surface area contributed by atoms with Gasteiger partial charge in [-0.1, -0.05) is 24.3 Å². The summed E-state index contributed by atoms with van der Waals surface area (Å²) >= 11 is 0. The third kappa shape index (κ3) is 11.3. The first-order valence-corrected chi connectivity index (χ1v) is 14.9. The molecule has 0 bridgehead atoms. The Labute approximate surface area is 265 Å². The average Bonchev–Trinajstić information content (AvgIpc) is 2.95. The van der Waals surface area contributed by atoms with Crippen LogP contribution in [0, 0.1) is 6.92 Å². The number of carbonyl (C=O) groups is 2. The number of hydrogen-bond donors (Lipinski definition) is 0. The molecule has 0 aliphatic carbocycles. The van der Waals surface area contributed by atoms with Crippen molar-refractivity contribution in [3.8, 4) is 5.75 Å². The third-order valence-electron chi connectivity index (χ3n) is 7.18. The monoisotopic (exact) mass is 661 g/mol. The van der Waals surface area contributed by atoms with Gasteiger partial charge in [0.15, 0.2) is 0 Å². The molecule has 46 heavy (non-hydrogen) atoms. The largest absolute Gasteiger partial charge is 0.497 e. The van der Waals surface area contributed by atoms with Crippen LogP contribution in [0.1, 0.15) is 50.3 Å². The van der Waals surface area contributed by atoms with Crippen molar-refractivity contribution in [2.45, 2.75) is 77.7 Å². The molecule has 0 radical (unpaired) electrons. The van der Waals surface area contributed by atoms with Gasteiger partial charge in [0, 0.05) is 57.9 Å². The minimum absolute atomic E-state index is 0.103. The molecule has 1 aliphatic heterocycles. The molecular weight excluding hydrogens is 620 g/mol. The summed E-state index contributed by atoms with van der Waals surface area (Å²) < 4.78 is 91.9. The molecule has 1 amide bonds. The van der Waals surface area contributed by atoms with Crippen molar-refractivity contribution < 1.29 is 50.1 Å². The lowest BCUT2D eigenvalue weighted by atomic mass is 10.1. The smallest absolute Gasteiger partial charge is 0.434 e. The fraction of sp³-hybridized carbons (Fsp3) is 0.562. The number of carbonyl (C=O) groups excluding carboxylic acids is 2. The number of amides is 1. The summed E-state index contributed by atoms with van der Waals surface area (Å²) in [6.07, 6.45) is -16.7. The minimum atomic E-state index is -5.78. The van der Waals surface area contributed by atoms with Gasteiger partial charge in [-0.3, -0.25) is 9.69 Å². The van der Waals surface area contributed by atoms with Crippen molar-refractivity contribution >= 4 is 17.7 Å². The summed E-state index contributed by atoms with van der Waals surface area (Å²) in [6.45, 7) is 9.07. The topological polar surface area (TPSA) is 71.5 Å². The molecule has 0 saturated carbocycles. The molecule has 8 nitrogen and oxygen atoms in total. The first-order chi connectivity index (χ1) is 21.4. The van der Waals surface area contributed by atoms with Gasteiger partial charge >= 0.3 is 24.4 Å². The van der Waals surface area contributed by atoms with Crippen LogP contribution in [0.5, 0.6) is 5.75 Å². The second-order valence-corrected chi connectivity index (χ2v) is 12.2. The standard InChI is InChI=1S/C32H41F6N3O5/c1-22-8-11-24(21-39-15-17-40(18-16-39)29(43)45-28(31(33,34)35)32(36,37)38)26(19-22)41(14-6-7-27(42)46-30(2,3)4)20-23-9-12-25(44-5)13-10-23/h8-13,19,28H,6-7,14-18,20-21H2,1-5H3. The van der Waals surface area contributed by atoms with Gasteiger partial charge < -0.3 is 24.0 Å². The molecule has 0 unspecified atom stereocenters. The summed E-state index contributed by atoms with van der Waals surface area (Å²) in [4.78, 5) is 29.6. The van der Waals surface area contributed by atoms with Gasteiger partial charge in [-0.25, -0.2) is 4.79 Å². The quantitative estimate of drug-likeness (QED) is 0.192. The molecular formula is C32H41F6N3O5. The van der Waals surface area contributed by atoms with E-state index in [1.807, 2.05) is 75.1 Å². The van der Waals surface area contributed by atoms with E-state index in [1.54, 1.807) is 7.11 Å². The Bertz CT molecular complexity index is 1290. The van der Waals surface area contributed by atoms with Crippen LogP contribution >= 0.6 is 0 Å². The maximum absolute atomic E-state index is 12.9. The van der Waals surface area contributed by atoms with Crippen molar-refractivity contribution in [2.75, 3.05) is 44.7 Å². The maximum Gasteiger partial charge on any atom is 0.434 e. The number of alkyl halides is 6. The van der Waals surface area contributed by atoms with Crippen molar-refractivity contribution in [1.29, 1.82) is 0 Å². The second kappa shape index (κ2) is 15.3. The Morgan fingerprint density at radius 2 is 1.52 bits per heavy atom. The van der Waals surface area contributed by atoms with Crippen LogP contribution in [0.25, 0.3) is 0 Å². The lowest BCUT2D eigenvalue weighted by Gasteiger charge is -2.36. The van der Waals surface area contributed by atoms with Gasteiger partial charge in [0.05, 0.1) is 7.11 Å². The predicted octanol–water partition coefficient (Wildman–Crippen LogP) is 6.88. The first-order valence-electron chi connectivity index (χ1n) is 14.9. The molecule has 3 rings (SSSR count). The van der Waals surface area contributed by atoms with Crippen molar-refractivity contribution in [1.82, 2.24) is 9.80 Å². The Morgan fingerprint density at radius 1 is 0.913 bits per heavy atom. The van der Waals surface area contributed by atoms with Crippen LogP contribution < -0.4 is 9.64 Å². The number of aryl methyl sites for hydroxylation is 1. The van der Waals surface area contributed by atoms with Crippen LogP contribution in [0.4, 0.5) is 36.8 Å². The molecule has 0 atom stereocenters. The number of benzene rings is 2. The highest BCUT2D eigenvalue weighted by atomic mass is 19.4. The summed E-state index contributed by atoms with van der Waals surface area (Å²) in [5, 5.41) is 0. The molecule has 0 aromatic heterocycles. The maximum atomic E-state index is 12.9. The van der Waals surface area contributed by atoms with E-state index < -0.39 is 30.2 Å². The van der Waals surface area contributed by atoms with Gasteiger partial charge in [-0.15, -0.1) is 0 Å². The number of anilines is 1. The number of ether oxygens (including phenoxy) is 3. The number of rotatable bonds is 11. The summed E-state index contributed by atoms with van der Waals surface area (Å²) in [5.41, 5.74) is 3.26. The molecule has 2 aromatic carbocycles. The second-order valence-electron chi connectivity index (χ2n) is 12.2. The fourth-order valence-corrected chi connectivity index (χ4v) is 4.97. The summed E-state index contributed by atoms with van der Waals surface area (Å²) in [5.74, 6) is 0.418. The van der Waals surface area contributed by atoms with E-state index in [0.717, 1.165) is 27.3 Å². The predicted molar refractivity (Wildman–Crippen MR) is 160 cm³/mol. The van der Waals surface area contributed by atoms with Gasteiger partial charge in [0.25, 0.3) is 6.10 Å². The zero-order valence-corrected chi connectivity index (χ0v) is 26.6. The van der Waals surface area contributed by atoms with Crippen LogP contribution in [-0.4, -0.2) is 85.8 Å². The summed E-state index contributed by atoms with van der Waals surface area (Å²) in [6, 6.07) is 13.6. The van der Waals surface area contributed by atoms with Crippen LogP contribution in [-0.2, 0) is 27.4 Å². The molecule has 2 aromatic rings. The van der Waals surface area contributed by atoms with Crippen LogP contribution in [0.15, 0.2) is 42.5 Å². The number of methoxy groups -OCH3 is 1. The van der Waals surface area contributed by atoms with Gasteiger partial charge in [-0.05, 0) is 69.0 Å². The van der Waals surface area contributed by atoms with Crippen LogP contribution in [0.2, 0.25) is 0 Å². The normalized spacial score (nSPS) is 14.7. The molecule has 1 heterocycles. The van der Waals surface area contributed by atoms with E-state index in [4.69, 9.17) is 9.47 Å². The zero-order valence-electron chi connectivity index (χ0n) is 26.6. The van der Waals surface area contributed by atoms with Gasteiger partial charge in [0.2, 0.25) is 0 Å². The fourth-order valence-electron chi connectivity index (χ4n) is 4.97. The molecule has 1 fully saturated rings. The Kier molecular flexibility index (Phi) is 12.2. The minimum Gasteiger partial charge on any atom is -0.497 e. The van der Waals surface area contributed by atoms with Crippen LogP contribution in [0.3, 0.4) is 0 Å². The highest BCUT2D eigenvalue weighted by molar-refractivity contribution is 5.70. The highest BCUT2D eigenvalue weighted by Gasteiger charge is 2.60. The Hall–Kier alpha value is -3.68. The van der Waals surface area contributed by atoms with Crippen molar-refractivity contribution in [3.05, 3.63) is 59.2 Å². The molecule has 1 aliphatic rings.